The van der Waals surface area contributed by atoms with Crippen molar-refractivity contribution in [2.75, 3.05) is 18.8 Å². The maximum atomic E-state index is 12.9. The van der Waals surface area contributed by atoms with Gasteiger partial charge in [0.05, 0.1) is 5.52 Å². The Labute approximate surface area is 130 Å². The largest absolute Gasteiger partial charge is 0.368 e. The van der Waals surface area contributed by atoms with E-state index in [9.17, 15) is 4.79 Å². The number of aryl methyl sites for hydroxylation is 1. The summed E-state index contributed by atoms with van der Waals surface area (Å²) >= 11 is 0. The number of carbonyl (C=O) groups excluding carboxylic acids is 1. The Kier molecular flexibility index (Phi) is 4.22. The maximum Gasteiger partial charge on any atom is 0.273 e. The number of nitrogens with two attached hydrogens (primary N) is 1. The van der Waals surface area contributed by atoms with Crippen molar-refractivity contribution in [3.8, 4) is 0 Å². The van der Waals surface area contributed by atoms with Gasteiger partial charge in [0.1, 0.15) is 5.69 Å². The monoisotopic (exact) mass is 298 g/mol. The van der Waals surface area contributed by atoms with Crippen LogP contribution in [0.2, 0.25) is 0 Å². The number of nitrogens with zero attached hydrogens (tertiary/aromatic N) is 3. The molecule has 0 bridgehead atoms. The first-order chi connectivity index (χ1) is 10.7. The molecule has 1 fully saturated rings. The third-order valence-electron chi connectivity index (χ3n) is 4.28. The zero-order valence-corrected chi connectivity index (χ0v) is 13.0. The molecule has 0 spiro atoms. The van der Waals surface area contributed by atoms with Crippen LogP contribution in [0.5, 0.6) is 0 Å². The van der Waals surface area contributed by atoms with Crippen LogP contribution in [0.4, 0.5) is 5.95 Å². The van der Waals surface area contributed by atoms with Crippen LogP contribution in [0.15, 0.2) is 18.2 Å². The predicted octanol–water partition coefficient (Wildman–Crippen LogP) is 2.79. The lowest BCUT2D eigenvalue weighted by atomic mass is 10.1. The molecular weight excluding hydrogens is 276 g/mol. The number of rotatable bonds is 2. The molecule has 0 aliphatic carbocycles. The van der Waals surface area contributed by atoms with Crippen LogP contribution in [-0.4, -0.2) is 33.9 Å². The number of carbonyl (C=O) groups is 1. The fraction of sp³-hybridized carbons (Fsp3) is 0.471. The van der Waals surface area contributed by atoms with Crippen LogP contribution in [-0.2, 0) is 6.42 Å². The van der Waals surface area contributed by atoms with Crippen molar-refractivity contribution < 1.29 is 4.79 Å². The number of benzene rings is 1. The van der Waals surface area contributed by atoms with E-state index in [2.05, 4.69) is 16.9 Å². The lowest BCUT2D eigenvalue weighted by molar-refractivity contribution is 0.0758. The summed E-state index contributed by atoms with van der Waals surface area (Å²) in [5.41, 5.74) is 8.16. The highest BCUT2D eigenvalue weighted by atomic mass is 16.2. The third kappa shape index (κ3) is 2.89. The third-order valence-corrected chi connectivity index (χ3v) is 4.28. The van der Waals surface area contributed by atoms with Crippen LogP contribution >= 0.6 is 0 Å². The van der Waals surface area contributed by atoms with E-state index in [0.29, 0.717) is 5.69 Å². The molecule has 3 rings (SSSR count). The zero-order valence-electron chi connectivity index (χ0n) is 13.0. The van der Waals surface area contributed by atoms with E-state index < -0.39 is 0 Å². The molecule has 1 amide bonds. The molecular formula is C17H22N4O. The van der Waals surface area contributed by atoms with Gasteiger partial charge < -0.3 is 10.6 Å². The van der Waals surface area contributed by atoms with Crippen molar-refractivity contribution >= 4 is 22.8 Å². The van der Waals surface area contributed by atoms with E-state index in [1.807, 2.05) is 23.1 Å². The first-order valence-electron chi connectivity index (χ1n) is 8.04. The molecule has 0 atom stereocenters. The van der Waals surface area contributed by atoms with Crippen LogP contribution in [0.1, 0.15) is 48.7 Å². The highest BCUT2D eigenvalue weighted by molar-refractivity contribution is 6.04. The van der Waals surface area contributed by atoms with Gasteiger partial charge in [0, 0.05) is 18.5 Å². The number of likely N-dealkylation sites (tertiary alicyclic amines) is 1. The molecule has 22 heavy (non-hydrogen) atoms. The van der Waals surface area contributed by atoms with Gasteiger partial charge in [-0.25, -0.2) is 9.97 Å². The minimum absolute atomic E-state index is 0.0192. The van der Waals surface area contributed by atoms with E-state index >= 15 is 0 Å². The lowest BCUT2D eigenvalue weighted by Gasteiger charge is -2.20. The van der Waals surface area contributed by atoms with Gasteiger partial charge in [-0.05, 0) is 37.0 Å². The summed E-state index contributed by atoms with van der Waals surface area (Å²) in [4.78, 5) is 23.3. The average Bonchev–Trinajstić information content (AvgIpc) is 2.82. The van der Waals surface area contributed by atoms with Crippen molar-refractivity contribution in [1.82, 2.24) is 14.9 Å². The molecule has 5 heteroatoms. The summed E-state index contributed by atoms with van der Waals surface area (Å²) < 4.78 is 0. The fourth-order valence-electron chi connectivity index (χ4n) is 3.00. The Bertz CT molecular complexity index is 690. The van der Waals surface area contributed by atoms with E-state index in [1.54, 1.807) is 0 Å². The first-order valence-corrected chi connectivity index (χ1v) is 8.04. The minimum atomic E-state index is -0.0192. The van der Waals surface area contributed by atoms with Crippen molar-refractivity contribution in [2.45, 2.75) is 39.0 Å². The SMILES string of the molecule is CCc1ccc2nc(N)nc(C(=O)N3CCCCCC3)c2c1. The fourth-order valence-corrected chi connectivity index (χ4v) is 3.00. The van der Waals surface area contributed by atoms with E-state index in [4.69, 9.17) is 5.73 Å². The molecule has 2 N–H and O–H groups in total. The van der Waals surface area contributed by atoms with Crippen molar-refractivity contribution in [1.29, 1.82) is 0 Å². The normalized spacial score (nSPS) is 15.8. The Morgan fingerprint density at radius 1 is 1.18 bits per heavy atom. The smallest absolute Gasteiger partial charge is 0.273 e. The molecule has 2 heterocycles. The molecule has 2 aromatic rings. The first kappa shape index (κ1) is 14.8. The second-order valence-electron chi connectivity index (χ2n) is 5.84. The number of fused-ring (bicyclic) bond motifs is 1. The van der Waals surface area contributed by atoms with E-state index in [1.165, 1.54) is 18.4 Å². The number of hydrogen-bond acceptors (Lipinski definition) is 4. The number of aromatic nitrogens is 2. The molecule has 0 saturated carbocycles. The van der Waals surface area contributed by atoms with Crippen molar-refractivity contribution in [3.05, 3.63) is 29.5 Å². The van der Waals surface area contributed by atoms with Crippen LogP contribution in [0.25, 0.3) is 10.9 Å². The van der Waals surface area contributed by atoms with Gasteiger partial charge in [-0.3, -0.25) is 4.79 Å². The van der Waals surface area contributed by atoms with E-state index in [-0.39, 0.29) is 11.9 Å². The maximum absolute atomic E-state index is 12.9. The summed E-state index contributed by atoms with van der Waals surface area (Å²) in [5, 5.41) is 0.808. The van der Waals surface area contributed by atoms with Gasteiger partial charge in [0.15, 0.2) is 0 Å². The number of nitrogen functional groups attached to an aromatic ring is 1. The van der Waals surface area contributed by atoms with Crippen LogP contribution < -0.4 is 5.73 Å². The van der Waals surface area contributed by atoms with Gasteiger partial charge >= 0.3 is 0 Å². The highest BCUT2D eigenvalue weighted by Gasteiger charge is 2.21. The number of hydrogen-bond donors (Lipinski definition) is 1. The molecule has 0 unspecified atom stereocenters. The highest BCUT2D eigenvalue weighted by Crippen LogP contribution is 2.22. The average molecular weight is 298 g/mol. The number of anilines is 1. The van der Waals surface area contributed by atoms with Gasteiger partial charge in [-0.1, -0.05) is 25.8 Å². The van der Waals surface area contributed by atoms with Crippen LogP contribution in [0.3, 0.4) is 0 Å². The van der Waals surface area contributed by atoms with E-state index in [0.717, 1.165) is 43.3 Å². The topological polar surface area (TPSA) is 72.1 Å². The summed E-state index contributed by atoms with van der Waals surface area (Å²) in [6, 6.07) is 5.96. The molecule has 0 radical (unpaired) electrons. The Hall–Kier alpha value is -2.17. The summed E-state index contributed by atoms with van der Waals surface area (Å²) in [6.45, 7) is 3.70. The molecule has 1 aromatic heterocycles. The standard InChI is InChI=1S/C17H22N4O/c1-2-12-7-8-14-13(11-12)15(20-17(18)19-14)16(22)21-9-5-3-4-6-10-21/h7-8,11H,2-6,9-10H2,1H3,(H2,18,19,20). The summed E-state index contributed by atoms with van der Waals surface area (Å²) in [7, 11) is 0. The molecule has 1 aromatic carbocycles. The Morgan fingerprint density at radius 3 is 2.59 bits per heavy atom. The second-order valence-corrected chi connectivity index (χ2v) is 5.84. The van der Waals surface area contributed by atoms with Crippen molar-refractivity contribution in [3.63, 3.8) is 0 Å². The van der Waals surface area contributed by atoms with Gasteiger partial charge in [0.25, 0.3) is 5.91 Å². The predicted molar refractivity (Wildman–Crippen MR) is 87.7 cm³/mol. The number of amides is 1. The zero-order chi connectivity index (χ0) is 15.5. The quantitative estimate of drug-likeness (QED) is 0.925. The van der Waals surface area contributed by atoms with Gasteiger partial charge in [-0.2, -0.15) is 0 Å². The second kappa shape index (κ2) is 6.30. The Balaban J connectivity index is 2.05. The lowest BCUT2D eigenvalue weighted by Crippen LogP contribution is -2.32. The summed E-state index contributed by atoms with van der Waals surface area (Å²) in [5.74, 6) is 0.143. The van der Waals surface area contributed by atoms with Crippen molar-refractivity contribution in [2.24, 2.45) is 0 Å². The molecule has 116 valence electrons. The minimum Gasteiger partial charge on any atom is -0.368 e. The Morgan fingerprint density at radius 2 is 1.91 bits per heavy atom. The molecule has 1 aliphatic heterocycles. The molecule has 1 saturated heterocycles. The van der Waals surface area contributed by atoms with Gasteiger partial charge in [0.2, 0.25) is 5.95 Å². The molecule has 1 aliphatic rings. The summed E-state index contributed by atoms with van der Waals surface area (Å²) in [6.07, 6.45) is 5.42. The van der Waals surface area contributed by atoms with Crippen LogP contribution in [0, 0.1) is 0 Å². The molecule has 5 nitrogen and oxygen atoms in total. The van der Waals surface area contributed by atoms with Gasteiger partial charge in [-0.15, -0.1) is 0 Å².